The van der Waals surface area contributed by atoms with E-state index in [1.807, 2.05) is 59.4 Å². The number of aldehydes is 1. The van der Waals surface area contributed by atoms with Gasteiger partial charge < -0.3 is 0 Å². The van der Waals surface area contributed by atoms with Crippen molar-refractivity contribution in [3.63, 3.8) is 0 Å². The number of fused-ring (bicyclic) bond motifs is 1. The Morgan fingerprint density at radius 1 is 1.00 bits per heavy atom. The van der Waals surface area contributed by atoms with Gasteiger partial charge in [0.2, 0.25) is 0 Å². The third kappa shape index (κ3) is 2.72. The van der Waals surface area contributed by atoms with Crippen LogP contribution >= 0.6 is 0 Å². The summed E-state index contributed by atoms with van der Waals surface area (Å²) in [7, 11) is 0. The second-order valence-electron chi connectivity index (χ2n) is 5.90. The van der Waals surface area contributed by atoms with E-state index in [0.29, 0.717) is 5.56 Å². The minimum atomic E-state index is 0.657. The average molecular weight is 327 g/mol. The smallest absolute Gasteiger partial charge is 0.158 e. The Bertz CT molecular complexity index is 1030. The Hall–Kier alpha value is -3.27. The first-order valence-corrected chi connectivity index (χ1v) is 8.28. The van der Waals surface area contributed by atoms with Crippen LogP contribution in [0.4, 0.5) is 0 Å². The molecule has 0 radical (unpaired) electrons. The lowest BCUT2D eigenvalue weighted by Crippen LogP contribution is -1.98. The van der Waals surface area contributed by atoms with Gasteiger partial charge in [0.25, 0.3) is 0 Å². The first kappa shape index (κ1) is 15.3. The molecule has 4 aromatic rings. The van der Waals surface area contributed by atoms with Crippen LogP contribution in [0.25, 0.3) is 28.0 Å². The minimum absolute atomic E-state index is 0.657. The van der Waals surface area contributed by atoms with Crippen LogP contribution in [0, 0.1) is 0 Å². The molecule has 122 valence electrons. The number of carbonyl (C=O) groups excluding carboxylic acids is 1. The van der Waals surface area contributed by atoms with Gasteiger partial charge in [-0.05, 0) is 12.0 Å². The molecule has 4 heteroatoms. The zero-order valence-corrected chi connectivity index (χ0v) is 13.9. The highest BCUT2D eigenvalue weighted by molar-refractivity contribution is 5.83. The number of hydrogen-bond acceptors (Lipinski definition) is 3. The van der Waals surface area contributed by atoms with E-state index in [1.54, 1.807) is 0 Å². The molecule has 0 saturated carbocycles. The Morgan fingerprint density at radius 3 is 2.44 bits per heavy atom. The minimum Gasteiger partial charge on any atom is -0.298 e. The Kier molecular flexibility index (Phi) is 3.86. The predicted octanol–water partition coefficient (Wildman–Crippen LogP) is 4.44. The number of carbonyl (C=O) groups is 1. The first-order valence-electron chi connectivity index (χ1n) is 8.28. The van der Waals surface area contributed by atoms with E-state index >= 15 is 0 Å². The fourth-order valence-corrected chi connectivity index (χ4v) is 2.98. The number of nitrogens with zero attached hydrogens (tertiary/aromatic N) is 3. The van der Waals surface area contributed by atoms with E-state index < -0.39 is 0 Å². The second kappa shape index (κ2) is 6.32. The average Bonchev–Trinajstić information content (AvgIpc) is 3.10. The summed E-state index contributed by atoms with van der Waals surface area (Å²) >= 11 is 0. The van der Waals surface area contributed by atoms with Gasteiger partial charge in [-0.25, -0.2) is 9.50 Å². The molecule has 0 bridgehead atoms. The summed E-state index contributed by atoms with van der Waals surface area (Å²) in [6.45, 7) is 2.10. The number of rotatable bonds is 4. The molecule has 0 unspecified atom stereocenters. The van der Waals surface area contributed by atoms with E-state index in [9.17, 15) is 4.79 Å². The fraction of sp³-hybridized carbons (Fsp3) is 0.0952. The molecule has 25 heavy (non-hydrogen) atoms. The fourth-order valence-electron chi connectivity index (χ4n) is 2.98. The van der Waals surface area contributed by atoms with Gasteiger partial charge in [-0.3, -0.25) is 4.79 Å². The van der Waals surface area contributed by atoms with Crippen molar-refractivity contribution in [2.24, 2.45) is 0 Å². The zero-order valence-electron chi connectivity index (χ0n) is 13.9. The van der Waals surface area contributed by atoms with Gasteiger partial charge in [0.15, 0.2) is 5.65 Å². The highest BCUT2D eigenvalue weighted by atomic mass is 16.1. The van der Waals surface area contributed by atoms with Crippen LogP contribution in [0.15, 0.2) is 67.0 Å². The highest BCUT2D eigenvalue weighted by Gasteiger charge is 2.14. The van der Waals surface area contributed by atoms with E-state index in [0.717, 1.165) is 46.3 Å². The van der Waals surface area contributed by atoms with Gasteiger partial charge in [0.1, 0.15) is 6.29 Å². The van der Waals surface area contributed by atoms with Gasteiger partial charge >= 0.3 is 0 Å². The van der Waals surface area contributed by atoms with Crippen molar-refractivity contribution in [3.05, 3.63) is 78.1 Å². The molecule has 2 heterocycles. The Balaban J connectivity index is 1.99. The van der Waals surface area contributed by atoms with Crippen LogP contribution in [0.2, 0.25) is 0 Å². The monoisotopic (exact) mass is 327 g/mol. The summed E-state index contributed by atoms with van der Waals surface area (Å²) in [6.07, 6.45) is 5.63. The lowest BCUT2D eigenvalue weighted by atomic mass is 10.00. The molecule has 4 nitrogen and oxygen atoms in total. The van der Waals surface area contributed by atoms with Gasteiger partial charge in [0.05, 0.1) is 11.9 Å². The van der Waals surface area contributed by atoms with Crippen LogP contribution < -0.4 is 0 Å². The van der Waals surface area contributed by atoms with Crippen molar-refractivity contribution in [3.8, 4) is 22.4 Å². The number of benzene rings is 2. The molecular weight excluding hydrogens is 310 g/mol. The molecule has 0 fully saturated rings. The third-order valence-electron chi connectivity index (χ3n) is 4.35. The molecule has 0 amide bonds. The maximum atomic E-state index is 10.9. The van der Waals surface area contributed by atoms with Gasteiger partial charge in [-0.15, -0.1) is 0 Å². The van der Waals surface area contributed by atoms with Crippen LogP contribution in [0.5, 0.6) is 0 Å². The molecule has 0 spiro atoms. The summed E-state index contributed by atoms with van der Waals surface area (Å²) < 4.78 is 1.84. The van der Waals surface area contributed by atoms with Crippen molar-refractivity contribution in [1.29, 1.82) is 0 Å². The van der Waals surface area contributed by atoms with Crippen molar-refractivity contribution in [2.45, 2.75) is 13.3 Å². The topological polar surface area (TPSA) is 47.3 Å². The van der Waals surface area contributed by atoms with Crippen LogP contribution in [0.3, 0.4) is 0 Å². The normalized spacial score (nSPS) is 10.9. The lowest BCUT2D eigenvalue weighted by molar-refractivity contribution is 0.112. The Labute approximate surface area is 145 Å². The van der Waals surface area contributed by atoms with Crippen molar-refractivity contribution in [1.82, 2.24) is 14.6 Å². The number of aromatic nitrogens is 3. The number of aryl methyl sites for hydroxylation is 1. The van der Waals surface area contributed by atoms with Crippen molar-refractivity contribution in [2.75, 3.05) is 0 Å². The molecule has 0 aliphatic heterocycles. The molecular formula is C21H17N3O. The van der Waals surface area contributed by atoms with Crippen LogP contribution in [0.1, 0.15) is 22.8 Å². The first-order chi connectivity index (χ1) is 12.3. The summed E-state index contributed by atoms with van der Waals surface area (Å²) in [5.74, 6) is 0. The highest BCUT2D eigenvalue weighted by Crippen LogP contribution is 2.31. The van der Waals surface area contributed by atoms with E-state index in [-0.39, 0.29) is 0 Å². The van der Waals surface area contributed by atoms with E-state index in [2.05, 4.69) is 24.2 Å². The molecule has 2 aromatic heterocycles. The molecule has 0 saturated heterocycles. The Morgan fingerprint density at radius 2 is 1.76 bits per heavy atom. The van der Waals surface area contributed by atoms with Crippen LogP contribution in [-0.2, 0) is 6.42 Å². The van der Waals surface area contributed by atoms with E-state index in [4.69, 9.17) is 4.98 Å². The summed E-state index contributed by atoms with van der Waals surface area (Å²) in [6, 6.07) is 17.7. The molecule has 0 aliphatic carbocycles. The maximum absolute atomic E-state index is 10.9. The summed E-state index contributed by atoms with van der Waals surface area (Å²) in [5.41, 5.74) is 6.62. The van der Waals surface area contributed by atoms with Gasteiger partial charge in [-0.1, -0.05) is 61.5 Å². The number of hydrogen-bond donors (Lipinski definition) is 0. The second-order valence-corrected chi connectivity index (χ2v) is 5.90. The summed E-state index contributed by atoms with van der Waals surface area (Å²) in [5, 5.41) is 4.45. The summed E-state index contributed by atoms with van der Waals surface area (Å²) in [4.78, 5) is 15.9. The predicted molar refractivity (Wildman–Crippen MR) is 98.6 cm³/mol. The molecule has 0 atom stereocenters. The zero-order chi connectivity index (χ0) is 17.2. The SMILES string of the molecule is CCc1cnn2cc(-c3ccccc3)c(-c3ccc(C=O)cc3)nc12. The quantitative estimate of drug-likeness (QED) is 0.521. The van der Waals surface area contributed by atoms with Gasteiger partial charge in [-0.2, -0.15) is 5.10 Å². The van der Waals surface area contributed by atoms with E-state index in [1.165, 1.54) is 0 Å². The molecule has 0 aliphatic rings. The molecule has 2 aromatic carbocycles. The lowest BCUT2D eigenvalue weighted by Gasteiger charge is -2.11. The van der Waals surface area contributed by atoms with Crippen LogP contribution in [-0.4, -0.2) is 20.9 Å². The molecule has 4 rings (SSSR count). The standard InChI is InChI=1S/C21H17N3O/c1-2-16-12-22-24-13-19(17-6-4-3-5-7-17)20(23-21(16)24)18-10-8-15(14-25)9-11-18/h3-14H,2H2,1H3. The van der Waals surface area contributed by atoms with Crippen molar-refractivity contribution < 1.29 is 4.79 Å². The third-order valence-corrected chi connectivity index (χ3v) is 4.35. The van der Waals surface area contributed by atoms with Gasteiger partial charge in [0, 0.05) is 28.5 Å². The molecule has 0 N–H and O–H groups in total. The maximum Gasteiger partial charge on any atom is 0.158 e. The largest absolute Gasteiger partial charge is 0.298 e. The van der Waals surface area contributed by atoms with Crippen molar-refractivity contribution >= 4 is 11.9 Å².